The summed E-state index contributed by atoms with van der Waals surface area (Å²) >= 11 is 0. The fourth-order valence-corrected chi connectivity index (χ4v) is 6.65. The first-order chi connectivity index (χ1) is 19.1. The predicted octanol–water partition coefficient (Wildman–Crippen LogP) is 5.26. The zero-order chi connectivity index (χ0) is 27.2. The molecule has 2 aromatic carbocycles. The van der Waals surface area contributed by atoms with E-state index in [9.17, 15) is 9.59 Å². The van der Waals surface area contributed by atoms with Crippen molar-refractivity contribution in [3.05, 3.63) is 64.6 Å². The highest BCUT2D eigenvalue weighted by Crippen LogP contribution is 2.34. The normalized spacial score (nSPS) is 20.8. The van der Waals surface area contributed by atoms with Gasteiger partial charge in [-0.15, -0.1) is 0 Å². The number of ether oxygens (including phenoxy) is 1. The number of piperidine rings is 1. The molecule has 0 bridgehead atoms. The summed E-state index contributed by atoms with van der Waals surface area (Å²) in [5, 5.41) is 0. The van der Waals surface area contributed by atoms with Gasteiger partial charge >= 0.3 is 5.69 Å². The Kier molecular flexibility index (Phi) is 9.07. The van der Waals surface area contributed by atoms with Gasteiger partial charge in [-0.1, -0.05) is 30.3 Å². The molecule has 1 N–H and O–H groups in total. The van der Waals surface area contributed by atoms with Crippen LogP contribution in [0.1, 0.15) is 64.0 Å². The summed E-state index contributed by atoms with van der Waals surface area (Å²) in [5.74, 6) is 2.16. The SMILES string of the molecule is CCN(CC)C(=O)[C@H]1CC[C@H](Cc2ccccc2OCCN2CCC(n3c(=O)[nH]c4ccccc43)CC2)CC1. The van der Waals surface area contributed by atoms with Crippen molar-refractivity contribution in [1.29, 1.82) is 0 Å². The summed E-state index contributed by atoms with van der Waals surface area (Å²) in [7, 11) is 0. The lowest BCUT2D eigenvalue weighted by Gasteiger charge is -2.32. The predicted molar refractivity (Wildman–Crippen MR) is 156 cm³/mol. The number of carbonyl (C=O) groups is 1. The monoisotopic (exact) mass is 532 g/mol. The fraction of sp³-hybridized carbons (Fsp3) is 0.562. The molecule has 0 unspecified atom stereocenters. The third kappa shape index (κ3) is 6.40. The second kappa shape index (κ2) is 12.9. The van der Waals surface area contributed by atoms with Gasteiger partial charge in [-0.3, -0.25) is 14.3 Å². The number of amides is 1. The molecule has 0 spiro atoms. The van der Waals surface area contributed by atoms with Gasteiger partial charge in [0.05, 0.1) is 11.0 Å². The number of para-hydroxylation sites is 3. The Bertz CT molecular complexity index is 1280. The minimum Gasteiger partial charge on any atom is -0.492 e. The fourth-order valence-electron chi connectivity index (χ4n) is 6.65. The van der Waals surface area contributed by atoms with E-state index < -0.39 is 0 Å². The van der Waals surface area contributed by atoms with Crippen LogP contribution in [0.25, 0.3) is 11.0 Å². The van der Waals surface area contributed by atoms with Crippen LogP contribution < -0.4 is 10.4 Å². The van der Waals surface area contributed by atoms with E-state index in [1.54, 1.807) is 0 Å². The molecule has 2 heterocycles. The van der Waals surface area contributed by atoms with Crippen molar-refractivity contribution in [3.8, 4) is 5.75 Å². The summed E-state index contributed by atoms with van der Waals surface area (Å²) in [6, 6.07) is 16.7. The molecule has 39 heavy (non-hydrogen) atoms. The lowest BCUT2D eigenvalue weighted by Crippen LogP contribution is -2.39. The molecule has 1 aromatic heterocycles. The Morgan fingerprint density at radius 3 is 2.38 bits per heavy atom. The zero-order valence-corrected chi connectivity index (χ0v) is 23.6. The molecule has 7 nitrogen and oxygen atoms in total. The summed E-state index contributed by atoms with van der Waals surface area (Å²) in [5.41, 5.74) is 3.20. The number of imidazole rings is 1. The molecule has 1 saturated carbocycles. The maximum atomic E-state index is 12.8. The van der Waals surface area contributed by atoms with Gasteiger partial charge in [-0.25, -0.2) is 4.79 Å². The van der Waals surface area contributed by atoms with Gasteiger partial charge < -0.3 is 14.6 Å². The molecule has 210 valence electrons. The molecule has 0 atom stereocenters. The Morgan fingerprint density at radius 2 is 1.64 bits per heavy atom. The highest BCUT2D eigenvalue weighted by molar-refractivity contribution is 5.78. The quantitative estimate of drug-likeness (QED) is 0.387. The van der Waals surface area contributed by atoms with Gasteiger partial charge in [-0.2, -0.15) is 0 Å². The zero-order valence-electron chi connectivity index (χ0n) is 23.6. The molecule has 5 rings (SSSR count). The third-order valence-electron chi connectivity index (χ3n) is 8.96. The highest BCUT2D eigenvalue weighted by atomic mass is 16.5. The lowest BCUT2D eigenvalue weighted by molar-refractivity contribution is -0.136. The first-order valence-electron chi connectivity index (χ1n) is 15.0. The number of likely N-dealkylation sites (tertiary alicyclic amines) is 1. The maximum absolute atomic E-state index is 12.8. The summed E-state index contributed by atoms with van der Waals surface area (Å²) in [6.07, 6.45) is 7.19. The van der Waals surface area contributed by atoms with Crippen molar-refractivity contribution in [3.63, 3.8) is 0 Å². The minimum atomic E-state index is -0.00133. The van der Waals surface area contributed by atoms with E-state index in [0.29, 0.717) is 18.4 Å². The van der Waals surface area contributed by atoms with Gasteiger partial charge in [0, 0.05) is 44.7 Å². The van der Waals surface area contributed by atoms with Gasteiger partial charge in [-0.05, 0) is 88.5 Å². The number of carbonyl (C=O) groups excluding carboxylic acids is 1. The standard InChI is InChI=1S/C32H44N4O3/c1-3-35(4-2)31(37)25-15-13-24(14-16-25)23-26-9-5-8-12-30(26)39-22-21-34-19-17-27(18-20-34)36-29-11-7-6-10-28(29)33-32(36)38/h5-12,24-25,27H,3-4,13-23H2,1-2H3,(H,33,38)/t24-,25-. The number of fused-ring (bicyclic) bond motifs is 1. The van der Waals surface area contributed by atoms with Crippen LogP contribution in [0.3, 0.4) is 0 Å². The Hall–Kier alpha value is -3.06. The lowest BCUT2D eigenvalue weighted by atomic mass is 9.78. The van der Waals surface area contributed by atoms with Crippen molar-refractivity contribution >= 4 is 16.9 Å². The number of aromatic amines is 1. The van der Waals surface area contributed by atoms with E-state index in [4.69, 9.17) is 4.74 Å². The van der Waals surface area contributed by atoms with Crippen LogP contribution in [0.15, 0.2) is 53.3 Å². The van der Waals surface area contributed by atoms with Gasteiger partial charge in [0.2, 0.25) is 5.91 Å². The van der Waals surface area contributed by atoms with E-state index in [-0.39, 0.29) is 17.6 Å². The Morgan fingerprint density at radius 1 is 0.949 bits per heavy atom. The summed E-state index contributed by atoms with van der Waals surface area (Å²) in [6.45, 7) is 9.25. The van der Waals surface area contributed by atoms with Crippen LogP contribution in [0.2, 0.25) is 0 Å². The topological polar surface area (TPSA) is 70.6 Å². The number of benzene rings is 2. The van der Waals surface area contributed by atoms with E-state index in [1.165, 1.54) is 5.56 Å². The molecular formula is C32H44N4O3. The molecule has 1 saturated heterocycles. The van der Waals surface area contributed by atoms with Crippen LogP contribution in [0, 0.1) is 11.8 Å². The minimum absolute atomic E-state index is 0.00133. The molecule has 1 amide bonds. The second-order valence-electron chi connectivity index (χ2n) is 11.3. The number of nitrogens with zero attached hydrogens (tertiary/aromatic N) is 3. The highest BCUT2D eigenvalue weighted by Gasteiger charge is 2.29. The van der Waals surface area contributed by atoms with Crippen LogP contribution in [0.5, 0.6) is 5.75 Å². The smallest absolute Gasteiger partial charge is 0.326 e. The van der Waals surface area contributed by atoms with Crippen molar-refractivity contribution in [2.24, 2.45) is 11.8 Å². The Balaban J connectivity index is 1.08. The van der Waals surface area contributed by atoms with Crippen molar-refractivity contribution in [2.75, 3.05) is 39.3 Å². The van der Waals surface area contributed by atoms with Crippen LogP contribution in [-0.4, -0.2) is 64.6 Å². The molecule has 2 aliphatic rings. The van der Waals surface area contributed by atoms with Gasteiger partial charge in [0.1, 0.15) is 12.4 Å². The van der Waals surface area contributed by atoms with Crippen LogP contribution in [0.4, 0.5) is 0 Å². The van der Waals surface area contributed by atoms with Crippen LogP contribution in [-0.2, 0) is 11.2 Å². The average Bonchev–Trinajstić information content (AvgIpc) is 3.31. The van der Waals surface area contributed by atoms with E-state index in [1.807, 2.05) is 33.7 Å². The molecule has 1 aliphatic heterocycles. The number of aromatic nitrogens is 2. The van der Waals surface area contributed by atoms with Crippen molar-refractivity contribution in [2.45, 2.75) is 64.8 Å². The molecule has 1 aliphatic carbocycles. The molecule has 3 aromatic rings. The largest absolute Gasteiger partial charge is 0.492 e. The molecule has 7 heteroatoms. The van der Waals surface area contributed by atoms with Gasteiger partial charge in [0.25, 0.3) is 0 Å². The van der Waals surface area contributed by atoms with E-state index >= 15 is 0 Å². The molecule has 0 radical (unpaired) electrons. The molecule has 2 fully saturated rings. The summed E-state index contributed by atoms with van der Waals surface area (Å²) in [4.78, 5) is 32.8. The average molecular weight is 533 g/mol. The van der Waals surface area contributed by atoms with Crippen molar-refractivity contribution in [1.82, 2.24) is 19.4 Å². The summed E-state index contributed by atoms with van der Waals surface area (Å²) < 4.78 is 8.27. The van der Waals surface area contributed by atoms with Gasteiger partial charge in [0.15, 0.2) is 0 Å². The first kappa shape index (κ1) is 27.5. The Labute approximate surface area is 232 Å². The number of hydrogen-bond acceptors (Lipinski definition) is 4. The number of hydrogen-bond donors (Lipinski definition) is 1. The number of H-pyrrole nitrogens is 1. The first-order valence-corrected chi connectivity index (χ1v) is 15.0. The third-order valence-corrected chi connectivity index (χ3v) is 8.96. The second-order valence-corrected chi connectivity index (χ2v) is 11.3. The van der Waals surface area contributed by atoms with Crippen molar-refractivity contribution < 1.29 is 9.53 Å². The number of rotatable bonds is 10. The van der Waals surface area contributed by atoms with E-state index in [0.717, 1.165) is 94.5 Å². The molecular weight excluding hydrogens is 488 g/mol. The number of nitrogens with one attached hydrogen (secondary N) is 1. The van der Waals surface area contributed by atoms with Crippen LogP contribution >= 0.6 is 0 Å². The maximum Gasteiger partial charge on any atom is 0.326 e. The van der Waals surface area contributed by atoms with E-state index in [2.05, 4.69) is 48.0 Å².